The van der Waals surface area contributed by atoms with Crippen LogP contribution in [0.4, 0.5) is 0 Å². The Morgan fingerprint density at radius 1 is 1.21 bits per heavy atom. The van der Waals surface area contributed by atoms with Crippen molar-refractivity contribution in [3.63, 3.8) is 0 Å². The summed E-state index contributed by atoms with van der Waals surface area (Å²) in [5.74, 6) is 0.361. The van der Waals surface area contributed by atoms with E-state index in [1.54, 1.807) is 0 Å². The van der Waals surface area contributed by atoms with E-state index in [4.69, 9.17) is 18.9 Å². The molecule has 0 bridgehead atoms. The topological polar surface area (TPSA) is 54.0 Å². The zero-order valence-electron chi connectivity index (χ0n) is 12.0. The SMILES string of the molecule is CCOC1C[C@H]2CC[C@@H](OC(C)=O)[C@H]2C(OCC)O1. The van der Waals surface area contributed by atoms with Crippen LogP contribution in [0.2, 0.25) is 0 Å². The van der Waals surface area contributed by atoms with E-state index < -0.39 is 0 Å². The minimum atomic E-state index is -0.327. The van der Waals surface area contributed by atoms with Gasteiger partial charge in [-0.2, -0.15) is 0 Å². The minimum absolute atomic E-state index is 0.0818. The summed E-state index contributed by atoms with van der Waals surface area (Å²) < 4.78 is 22.5. The van der Waals surface area contributed by atoms with E-state index in [1.165, 1.54) is 6.92 Å². The van der Waals surface area contributed by atoms with Crippen LogP contribution in [-0.2, 0) is 23.7 Å². The van der Waals surface area contributed by atoms with Crippen LogP contribution in [0.15, 0.2) is 0 Å². The Labute approximate surface area is 114 Å². The van der Waals surface area contributed by atoms with E-state index in [0.29, 0.717) is 19.1 Å². The second-order valence-electron chi connectivity index (χ2n) is 5.14. The lowest BCUT2D eigenvalue weighted by Gasteiger charge is -2.39. The first-order chi connectivity index (χ1) is 9.15. The summed E-state index contributed by atoms with van der Waals surface area (Å²) >= 11 is 0. The first kappa shape index (κ1) is 14.8. The van der Waals surface area contributed by atoms with Crippen LogP contribution in [0, 0.1) is 11.8 Å². The van der Waals surface area contributed by atoms with E-state index in [1.807, 2.05) is 13.8 Å². The lowest BCUT2D eigenvalue weighted by Crippen LogP contribution is -2.46. The number of hydrogen-bond acceptors (Lipinski definition) is 5. The number of hydrogen-bond donors (Lipinski definition) is 0. The van der Waals surface area contributed by atoms with Crippen molar-refractivity contribution in [1.82, 2.24) is 0 Å². The fourth-order valence-corrected chi connectivity index (χ4v) is 3.24. The highest BCUT2D eigenvalue weighted by Crippen LogP contribution is 2.44. The average Bonchev–Trinajstić information content (AvgIpc) is 2.72. The maximum Gasteiger partial charge on any atom is 0.302 e. The van der Waals surface area contributed by atoms with Gasteiger partial charge in [-0.3, -0.25) is 4.79 Å². The molecule has 0 aromatic heterocycles. The molecule has 1 saturated heterocycles. The van der Waals surface area contributed by atoms with Crippen molar-refractivity contribution in [2.75, 3.05) is 13.2 Å². The second kappa shape index (κ2) is 6.68. The van der Waals surface area contributed by atoms with Crippen LogP contribution in [0.3, 0.4) is 0 Å². The molecule has 0 radical (unpaired) electrons. The van der Waals surface area contributed by atoms with Crippen LogP contribution < -0.4 is 0 Å². The lowest BCUT2D eigenvalue weighted by atomic mass is 9.88. The standard InChI is InChI=1S/C14H24O5/c1-4-16-12-8-10-6-7-11(18-9(3)15)13(10)14(19-12)17-5-2/h10-14H,4-8H2,1-3H3/t10-,11-,12?,13+,14?/m1/s1. The first-order valence-electron chi connectivity index (χ1n) is 7.21. The molecule has 2 fully saturated rings. The van der Waals surface area contributed by atoms with Crippen molar-refractivity contribution in [3.8, 4) is 0 Å². The van der Waals surface area contributed by atoms with E-state index in [-0.39, 0.29) is 30.6 Å². The maximum absolute atomic E-state index is 11.2. The number of carbonyl (C=O) groups excluding carboxylic acids is 1. The van der Waals surface area contributed by atoms with Gasteiger partial charge in [0.05, 0.1) is 5.92 Å². The first-order valence-corrected chi connectivity index (χ1v) is 7.21. The van der Waals surface area contributed by atoms with Crippen LogP contribution in [0.1, 0.15) is 40.0 Å². The lowest BCUT2D eigenvalue weighted by molar-refractivity contribution is -0.301. The van der Waals surface area contributed by atoms with E-state index in [9.17, 15) is 4.79 Å². The fraction of sp³-hybridized carbons (Fsp3) is 0.929. The Hall–Kier alpha value is -0.650. The summed E-state index contributed by atoms with van der Waals surface area (Å²) in [6, 6.07) is 0. The van der Waals surface area contributed by atoms with Gasteiger partial charge in [-0.15, -0.1) is 0 Å². The molecule has 1 saturated carbocycles. The predicted octanol–water partition coefficient (Wildman–Crippen LogP) is 2.09. The number of carbonyl (C=O) groups is 1. The van der Waals surface area contributed by atoms with E-state index in [2.05, 4.69) is 0 Å². The Morgan fingerprint density at radius 3 is 2.58 bits per heavy atom. The van der Waals surface area contributed by atoms with Crippen molar-refractivity contribution >= 4 is 5.97 Å². The molecule has 19 heavy (non-hydrogen) atoms. The van der Waals surface area contributed by atoms with Gasteiger partial charge in [-0.05, 0) is 32.6 Å². The molecule has 1 aliphatic heterocycles. The number of rotatable bonds is 5. The number of fused-ring (bicyclic) bond motifs is 1. The molecular formula is C14H24O5. The minimum Gasteiger partial charge on any atom is -0.462 e. The quantitative estimate of drug-likeness (QED) is 0.717. The van der Waals surface area contributed by atoms with Gasteiger partial charge in [0.2, 0.25) is 0 Å². The Balaban J connectivity index is 2.04. The van der Waals surface area contributed by atoms with Gasteiger partial charge in [0.15, 0.2) is 12.6 Å². The summed E-state index contributed by atoms with van der Waals surface area (Å²) in [5.41, 5.74) is 0. The normalized spacial score (nSPS) is 37.9. The van der Waals surface area contributed by atoms with Crippen LogP contribution in [0.5, 0.6) is 0 Å². The second-order valence-corrected chi connectivity index (χ2v) is 5.14. The van der Waals surface area contributed by atoms with Gasteiger partial charge in [0.25, 0.3) is 0 Å². The van der Waals surface area contributed by atoms with Crippen LogP contribution in [0.25, 0.3) is 0 Å². The summed E-state index contributed by atoms with van der Waals surface area (Å²) in [4.78, 5) is 11.2. The third-order valence-electron chi connectivity index (χ3n) is 3.89. The largest absolute Gasteiger partial charge is 0.462 e. The van der Waals surface area contributed by atoms with Crippen LogP contribution >= 0.6 is 0 Å². The monoisotopic (exact) mass is 272 g/mol. The summed E-state index contributed by atoms with van der Waals surface area (Å²) in [6.45, 7) is 6.57. The van der Waals surface area contributed by atoms with Crippen molar-refractivity contribution in [2.45, 2.75) is 58.7 Å². The molecule has 0 aromatic rings. The Bertz CT molecular complexity index is 306. The highest BCUT2D eigenvalue weighted by Gasteiger charge is 2.49. The molecule has 2 rings (SSSR count). The molecule has 1 heterocycles. The Kier molecular flexibility index (Phi) is 5.19. The van der Waals surface area contributed by atoms with Crippen molar-refractivity contribution in [2.24, 2.45) is 11.8 Å². The van der Waals surface area contributed by atoms with E-state index >= 15 is 0 Å². The third-order valence-corrected chi connectivity index (χ3v) is 3.89. The molecule has 0 amide bonds. The highest BCUT2D eigenvalue weighted by molar-refractivity contribution is 5.66. The maximum atomic E-state index is 11.2. The molecule has 5 atom stereocenters. The van der Waals surface area contributed by atoms with Gasteiger partial charge in [0.1, 0.15) is 6.10 Å². The third kappa shape index (κ3) is 3.46. The zero-order valence-corrected chi connectivity index (χ0v) is 12.0. The smallest absolute Gasteiger partial charge is 0.302 e. The zero-order chi connectivity index (χ0) is 13.8. The summed E-state index contributed by atoms with van der Waals surface area (Å²) in [5, 5.41) is 0. The average molecular weight is 272 g/mol. The molecule has 0 N–H and O–H groups in total. The van der Waals surface area contributed by atoms with Gasteiger partial charge >= 0.3 is 5.97 Å². The summed E-state index contributed by atoms with van der Waals surface area (Å²) in [7, 11) is 0. The Morgan fingerprint density at radius 2 is 1.95 bits per heavy atom. The van der Waals surface area contributed by atoms with Gasteiger partial charge < -0.3 is 18.9 Å². The van der Waals surface area contributed by atoms with Gasteiger partial charge in [-0.1, -0.05) is 0 Å². The van der Waals surface area contributed by atoms with Crippen molar-refractivity contribution < 1.29 is 23.7 Å². The molecule has 5 heteroatoms. The van der Waals surface area contributed by atoms with Crippen molar-refractivity contribution in [3.05, 3.63) is 0 Å². The molecule has 0 aromatic carbocycles. The van der Waals surface area contributed by atoms with Gasteiger partial charge in [0, 0.05) is 26.6 Å². The number of esters is 1. The van der Waals surface area contributed by atoms with Crippen LogP contribution in [-0.4, -0.2) is 37.9 Å². The van der Waals surface area contributed by atoms with Gasteiger partial charge in [-0.25, -0.2) is 0 Å². The number of ether oxygens (including phenoxy) is 4. The fourth-order valence-electron chi connectivity index (χ4n) is 3.24. The van der Waals surface area contributed by atoms with E-state index in [0.717, 1.165) is 19.3 Å². The molecular weight excluding hydrogens is 248 g/mol. The summed E-state index contributed by atoms with van der Waals surface area (Å²) in [6.07, 6.45) is 2.19. The molecule has 5 nitrogen and oxygen atoms in total. The molecule has 0 spiro atoms. The predicted molar refractivity (Wildman–Crippen MR) is 68.3 cm³/mol. The molecule has 2 aliphatic rings. The molecule has 110 valence electrons. The van der Waals surface area contributed by atoms with Crippen molar-refractivity contribution in [1.29, 1.82) is 0 Å². The highest BCUT2D eigenvalue weighted by atomic mass is 16.8. The molecule has 1 aliphatic carbocycles. The molecule has 2 unspecified atom stereocenters.